The molecule has 0 spiro atoms. The molecule has 1 aromatic rings. The highest BCUT2D eigenvalue weighted by atomic mass is 16.1. The molecule has 86 valence electrons. The van der Waals surface area contributed by atoms with Crippen LogP contribution in [0.3, 0.4) is 0 Å². The first-order valence-corrected chi connectivity index (χ1v) is 5.64. The fourth-order valence-electron chi connectivity index (χ4n) is 1.86. The molecule has 1 aromatic heterocycles. The van der Waals surface area contributed by atoms with E-state index >= 15 is 0 Å². The van der Waals surface area contributed by atoms with E-state index in [-0.39, 0.29) is 11.9 Å². The van der Waals surface area contributed by atoms with E-state index in [9.17, 15) is 4.79 Å². The Labute approximate surface area is 94.6 Å². The van der Waals surface area contributed by atoms with Crippen LogP contribution < -0.4 is 10.6 Å². The van der Waals surface area contributed by atoms with Gasteiger partial charge in [0, 0.05) is 6.04 Å². The predicted molar refractivity (Wildman–Crippen MR) is 60.0 cm³/mol. The molecule has 2 rings (SSSR count). The summed E-state index contributed by atoms with van der Waals surface area (Å²) >= 11 is 0. The van der Waals surface area contributed by atoms with Crippen molar-refractivity contribution in [3.63, 3.8) is 0 Å². The van der Waals surface area contributed by atoms with Gasteiger partial charge in [-0.15, -0.1) is 0 Å². The van der Waals surface area contributed by atoms with Crippen LogP contribution in [-0.4, -0.2) is 35.2 Å². The lowest BCUT2D eigenvalue weighted by Crippen LogP contribution is -2.35. The molecule has 1 saturated heterocycles. The van der Waals surface area contributed by atoms with Crippen LogP contribution in [0.5, 0.6) is 0 Å². The van der Waals surface area contributed by atoms with Crippen LogP contribution in [0.4, 0.5) is 0 Å². The number of nitrogens with zero attached hydrogens (tertiary/aromatic N) is 2. The molecule has 2 N–H and O–H groups in total. The molecule has 5 nitrogen and oxygen atoms in total. The average molecular weight is 220 g/mol. The summed E-state index contributed by atoms with van der Waals surface area (Å²) in [5.41, 5.74) is 0.576. The number of aromatic nitrogens is 2. The first-order valence-electron chi connectivity index (χ1n) is 5.64. The number of carbonyl (C=O) groups excluding carboxylic acids is 1. The Morgan fingerprint density at radius 1 is 1.38 bits per heavy atom. The first kappa shape index (κ1) is 11.0. The number of amides is 1. The minimum absolute atomic E-state index is 0.0539. The zero-order valence-electron chi connectivity index (χ0n) is 9.15. The summed E-state index contributed by atoms with van der Waals surface area (Å²) in [5.74, 6) is -0.0539. The van der Waals surface area contributed by atoms with Gasteiger partial charge in [-0.05, 0) is 38.4 Å². The molecule has 1 unspecified atom stereocenters. The van der Waals surface area contributed by atoms with E-state index < -0.39 is 0 Å². The van der Waals surface area contributed by atoms with Crippen LogP contribution in [0.2, 0.25) is 0 Å². The second kappa shape index (κ2) is 5.55. The largest absolute Gasteiger partial charge is 0.349 e. The van der Waals surface area contributed by atoms with E-state index in [4.69, 9.17) is 0 Å². The van der Waals surface area contributed by atoms with Crippen LogP contribution in [0.25, 0.3) is 0 Å². The van der Waals surface area contributed by atoms with Gasteiger partial charge in [-0.3, -0.25) is 4.79 Å². The molecule has 1 amide bonds. The standard InChI is InChI=1S/C11H16N4O/c16-11(9-3-7-13-14-8-9)15-10-2-1-5-12-6-4-10/h3,7-8,10,12H,1-2,4-6H2,(H,15,16). The van der Waals surface area contributed by atoms with E-state index in [0.717, 1.165) is 32.4 Å². The molecule has 0 aliphatic carbocycles. The van der Waals surface area contributed by atoms with Gasteiger partial charge in [0.25, 0.3) is 5.91 Å². The van der Waals surface area contributed by atoms with Crippen LogP contribution in [0.15, 0.2) is 18.5 Å². The van der Waals surface area contributed by atoms with E-state index in [0.29, 0.717) is 5.56 Å². The number of nitrogens with one attached hydrogen (secondary N) is 2. The third-order valence-corrected chi connectivity index (χ3v) is 2.76. The zero-order valence-corrected chi connectivity index (χ0v) is 9.15. The molecule has 5 heteroatoms. The Morgan fingerprint density at radius 2 is 2.31 bits per heavy atom. The molecule has 0 bridgehead atoms. The van der Waals surface area contributed by atoms with Crippen LogP contribution in [0.1, 0.15) is 29.6 Å². The van der Waals surface area contributed by atoms with Crippen molar-refractivity contribution in [3.05, 3.63) is 24.0 Å². The minimum Gasteiger partial charge on any atom is -0.349 e. The summed E-state index contributed by atoms with van der Waals surface area (Å²) in [6.45, 7) is 2.02. The molecule has 0 radical (unpaired) electrons. The van der Waals surface area contributed by atoms with Crippen LogP contribution in [0, 0.1) is 0 Å². The summed E-state index contributed by atoms with van der Waals surface area (Å²) in [5, 5.41) is 13.7. The monoisotopic (exact) mass is 220 g/mol. The normalized spacial score (nSPS) is 21.1. The lowest BCUT2D eigenvalue weighted by atomic mass is 10.1. The summed E-state index contributed by atoms with van der Waals surface area (Å²) < 4.78 is 0. The van der Waals surface area contributed by atoms with E-state index in [1.165, 1.54) is 12.4 Å². The summed E-state index contributed by atoms with van der Waals surface area (Å²) in [4.78, 5) is 11.8. The molecule has 16 heavy (non-hydrogen) atoms. The number of rotatable bonds is 2. The second-order valence-corrected chi connectivity index (χ2v) is 3.98. The predicted octanol–water partition coefficient (Wildman–Crippen LogP) is 0.348. The Kier molecular flexibility index (Phi) is 3.82. The van der Waals surface area contributed by atoms with Crippen molar-refractivity contribution in [1.82, 2.24) is 20.8 Å². The van der Waals surface area contributed by atoms with Crippen LogP contribution >= 0.6 is 0 Å². The summed E-state index contributed by atoms with van der Waals surface area (Å²) in [6.07, 6.45) is 6.16. The maximum Gasteiger partial charge on any atom is 0.253 e. The van der Waals surface area contributed by atoms with Gasteiger partial charge in [-0.2, -0.15) is 10.2 Å². The van der Waals surface area contributed by atoms with Gasteiger partial charge in [0.15, 0.2) is 0 Å². The third-order valence-electron chi connectivity index (χ3n) is 2.76. The quantitative estimate of drug-likeness (QED) is 0.754. The molecule has 0 aromatic carbocycles. The lowest BCUT2D eigenvalue weighted by Gasteiger charge is -2.15. The van der Waals surface area contributed by atoms with Gasteiger partial charge >= 0.3 is 0 Å². The Balaban J connectivity index is 1.91. The van der Waals surface area contributed by atoms with Crippen molar-refractivity contribution in [2.45, 2.75) is 25.3 Å². The van der Waals surface area contributed by atoms with E-state index in [1.54, 1.807) is 6.07 Å². The lowest BCUT2D eigenvalue weighted by molar-refractivity contribution is 0.0933. The second-order valence-electron chi connectivity index (χ2n) is 3.98. The highest BCUT2D eigenvalue weighted by molar-refractivity contribution is 5.93. The third kappa shape index (κ3) is 3.00. The highest BCUT2D eigenvalue weighted by Gasteiger charge is 2.15. The molecule has 1 aliphatic rings. The summed E-state index contributed by atoms with van der Waals surface area (Å²) in [6, 6.07) is 1.95. The highest BCUT2D eigenvalue weighted by Crippen LogP contribution is 2.06. The zero-order chi connectivity index (χ0) is 11.2. The van der Waals surface area contributed by atoms with Gasteiger partial charge in [0.2, 0.25) is 0 Å². The molecule has 0 saturated carbocycles. The van der Waals surface area contributed by atoms with Gasteiger partial charge in [0.1, 0.15) is 0 Å². The maximum absolute atomic E-state index is 11.8. The average Bonchev–Trinajstić information content (AvgIpc) is 2.59. The molecule has 2 heterocycles. The molecular weight excluding hydrogens is 204 g/mol. The van der Waals surface area contributed by atoms with E-state index in [1.807, 2.05) is 0 Å². The van der Waals surface area contributed by atoms with Crippen LogP contribution in [-0.2, 0) is 0 Å². The van der Waals surface area contributed by atoms with Gasteiger partial charge in [-0.25, -0.2) is 0 Å². The Morgan fingerprint density at radius 3 is 3.12 bits per heavy atom. The molecule has 1 atom stereocenters. The SMILES string of the molecule is O=C(NC1CCCNCC1)c1ccnnc1. The molecule has 1 fully saturated rings. The number of hydrogen-bond acceptors (Lipinski definition) is 4. The molecule has 1 aliphatic heterocycles. The first-order chi connectivity index (χ1) is 7.86. The van der Waals surface area contributed by atoms with Gasteiger partial charge < -0.3 is 10.6 Å². The minimum atomic E-state index is -0.0539. The van der Waals surface area contributed by atoms with Gasteiger partial charge in [0.05, 0.1) is 18.0 Å². The molecular formula is C11H16N4O. The van der Waals surface area contributed by atoms with Crippen molar-refractivity contribution in [2.75, 3.05) is 13.1 Å². The topological polar surface area (TPSA) is 66.9 Å². The van der Waals surface area contributed by atoms with Crippen molar-refractivity contribution < 1.29 is 4.79 Å². The maximum atomic E-state index is 11.8. The van der Waals surface area contributed by atoms with Crippen molar-refractivity contribution in [2.24, 2.45) is 0 Å². The summed E-state index contributed by atoms with van der Waals surface area (Å²) in [7, 11) is 0. The fourth-order valence-corrected chi connectivity index (χ4v) is 1.86. The Hall–Kier alpha value is -1.49. The smallest absolute Gasteiger partial charge is 0.253 e. The van der Waals surface area contributed by atoms with Crippen molar-refractivity contribution >= 4 is 5.91 Å². The van der Waals surface area contributed by atoms with Gasteiger partial charge in [-0.1, -0.05) is 0 Å². The van der Waals surface area contributed by atoms with Crippen molar-refractivity contribution in [1.29, 1.82) is 0 Å². The van der Waals surface area contributed by atoms with Crippen molar-refractivity contribution in [3.8, 4) is 0 Å². The number of hydrogen-bond donors (Lipinski definition) is 2. The fraction of sp³-hybridized carbons (Fsp3) is 0.545. The Bertz CT molecular complexity index is 333. The number of carbonyl (C=O) groups is 1. The van der Waals surface area contributed by atoms with E-state index in [2.05, 4.69) is 20.8 Å².